The van der Waals surface area contributed by atoms with Crippen LogP contribution in [0.3, 0.4) is 0 Å². The maximum absolute atomic E-state index is 13.3. The van der Waals surface area contributed by atoms with Gasteiger partial charge in [-0.1, -0.05) is 6.07 Å². The maximum atomic E-state index is 13.3. The van der Waals surface area contributed by atoms with Crippen molar-refractivity contribution in [3.05, 3.63) is 51.4 Å². The molecule has 0 atom stereocenters. The van der Waals surface area contributed by atoms with Gasteiger partial charge in [-0.05, 0) is 40.2 Å². The summed E-state index contributed by atoms with van der Waals surface area (Å²) < 4.78 is 31.4. The molecule has 1 aliphatic rings. The molecule has 0 aliphatic carbocycles. The van der Waals surface area contributed by atoms with Gasteiger partial charge in [-0.3, -0.25) is 9.13 Å². The second kappa shape index (κ2) is 7.19. The smallest absolute Gasteiger partial charge is 0.328 e. The van der Waals surface area contributed by atoms with Gasteiger partial charge in [0.05, 0.1) is 15.9 Å². The number of phenolic OH excluding ortho intramolecular Hbond substituents is 1. The summed E-state index contributed by atoms with van der Waals surface area (Å²) in [6.07, 6.45) is 0. The lowest BCUT2D eigenvalue weighted by molar-refractivity contribution is 0.384. The number of hydrogen-bond donors (Lipinski definition) is 1. The van der Waals surface area contributed by atoms with Crippen LogP contribution in [0.25, 0.3) is 11.0 Å². The molecule has 1 aliphatic heterocycles. The Bertz CT molecular complexity index is 1260. The van der Waals surface area contributed by atoms with E-state index in [-0.39, 0.29) is 16.3 Å². The number of benzene rings is 2. The van der Waals surface area contributed by atoms with Crippen LogP contribution in [0.5, 0.6) is 5.75 Å². The van der Waals surface area contributed by atoms with E-state index in [0.29, 0.717) is 41.7 Å². The van der Waals surface area contributed by atoms with Gasteiger partial charge in [-0.2, -0.15) is 4.31 Å². The predicted octanol–water partition coefficient (Wildman–Crippen LogP) is 1.86. The van der Waals surface area contributed by atoms with Crippen LogP contribution >= 0.6 is 15.9 Å². The first-order valence-electron chi connectivity index (χ1n) is 9.09. The first-order chi connectivity index (χ1) is 13.7. The van der Waals surface area contributed by atoms with Crippen molar-refractivity contribution >= 4 is 42.7 Å². The number of nitrogens with zero attached hydrogens (tertiary/aromatic N) is 4. The molecule has 1 saturated heterocycles. The molecule has 29 heavy (non-hydrogen) atoms. The van der Waals surface area contributed by atoms with E-state index in [9.17, 15) is 18.3 Å². The molecule has 8 nitrogen and oxygen atoms in total. The van der Waals surface area contributed by atoms with Gasteiger partial charge in [0.2, 0.25) is 10.0 Å². The van der Waals surface area contributed by atoms with Crippen LogP contribution in [-0.2, 0) is 24.1 Å². The molecule has 0 amide bonds. The number of imidazole rings is 1. The van der Waals surface area contributed by atoms with Crippen LogP contribution in [0, 0.1) is 0 Å². The summed E-state index contributed by atoms with van der Waals surface area (Å²) in [4.78, 5) is 14.4. The lowest BCUT2D eigenvalue weighted by Gasteiger charge is -2.35. The minimum Gasteiger partial charge on any atom is -0.508 e. The zero-order chi connectivity index (χ0) is 20.9. The third-order valence-electron chi connectivity index (χ3n) is 5.38. The molecule has 2 aromatic carbocycles. The highest BCUT2D eigenvalue weighted by molar-refractivity contribution is 9.10. The molecule has 0 spiro atoms. The molecule has 0 saturated carbocycles. The number of aryl methyl sites for hydroxylation is 2. The second-order valence-corrected chi connectivity index (χ2v) is 9.84. The second-order valence-electron chi connectivity index (χ2n) is 7.08. The summed E-state index contributed by atoms with van der Waals surface area (Å²) in [6.45, 7) is 1.70. The minimum absolute atomic E-state index is 0.150. The molecular formula is C19H21BrN4O4S. The Morgan fingerprint density at radius 2 is 1.59 bits per heavy atom. The SMILES string of the molecule is Cn1c(=O)n(C)c2cc(S(=O)(=O)N3CCN(c4cccc(O)c4)CC3)c(Br)cc21. The highest BCUT2D eigenvalue weighted by atomic mass is 79.9. The number of aromatic nitrogens is 2. The molecule has 0 unspecified atom stereocenters. The normalized spacial score (nSPS) is 15.9. The quantitative estimate of drug-likeness (QED) is 0.617. The number of sulfonamides is 1. The molecule has 1 aromatic heterocycles. The highest BCUT2D eigenvalue weighted by Crippen LogP contribution is 2.30. The van der Waals surface area contributed by atoms with E-state index in [1.807, 2.05) is 11.0 Å². The van der Waals surface area contributed by atoms with Gasteiger partial charge >= 0.3 is 5.69 Å². The third kappa shape index (κ3) is 3.34. The summed E-state index contributed by atoms with van der Waals surface area (Å²) >= 11 is 3.38. The number of rotatable bonds is 3. The fraction of sp³-hybridized carbons (Fsp3) is 0.316. The fourth-order valence-corrected chi connectivity index (χ4v) is 6.15. The van der Waals surface area contributed by atoms with Crippen LogP contribution < -0.4 is 10.6 Å². The summed E-state index contributed by atoms with van der Waals surface area (Å²) in [7, 11) is -0.446. The molecule has 0 radical (unpaired) electrons. The molecule has 3 aromatic rings. The number of phenols is 1. The largest absolute Gasteiger partial charge is 0.508 e. The Kier molecular flexibility index (Phi) is 4.96. The lowest BCUT2D eigenvalue weighted by Crippen LogP contribution is -2.48. The van der Waals surface area contributed by atoms with Gasteiger partial charge in [0, 0.05) is 56.5 Å². The van der Waals surface area contributed by atoms with Crippen molar-refractivity contribution < 1.29 is 13.5 Å². The summed E-state index contributed by atoms with van der Waals surface area (Å²) in [6, 6.07) is 10.2. The minimum atomic E-state index is -3.73. The average Bonchev–Trinajstić information content (AvgIpc) is 2.91. The predicted molar refractivity (Wildman–Crippen MR) is 115 cm³/mol. The zero-order valence-electron chi connectivity index (χ0n) is 16.0. The fourth-order valence-electron chi connectivity index (χ4n) is 3.71. The first kappa shape index (κ1) is 20.0. The monoisotopic (exact) mass is 480 g/mol. The molecule has 0 bridgehead atoms. The van der Waals surface area contributed by atoms with Crippen LogP contribution in [0.15, 0.2) is 50.6 Å². The third-order valence-corrected chi connectivity index (χ3v) is 8.23. The topological polar surface area (TPSA) is 87.8 Å². The van der Waals surface area contributed by atoms with Crippen molar-refractivity contribution in [2.24, 2.45) is 14.1 Å². The standard InChI is InChI=1S/C19H21BrN4O4S/c1-21-16-11-15(20)18(12-17(16)22(2)19(21)26)29(27,28)24-8-6-23(7-9-24)13-4-3-5-14(25)10-13/h3-5,10-12,25H,6-9H2,1-2H3. The van der Waals surface area contributed by atoms with Crippen molar-refractivity contribution in [3.8, 4) is 5.75 Å². The number of anilines is 1. The van der Waals surface area contributed by atoms with E-state index < -0.39 is 10.0 Å². The summed E-state index contributed by atoms with van der Waals surface area (Å²) in [5, 5.41) is 9.67. The van der Waals surface area contributed by atoms with Gasteiger partial charge in [-0.25, -0.2) is 13.2 Å². The molecule has 1 N–H and O–H groups in total. The van der Waals surface area contributed by atoms with Crippen LogP contribution in [0.1, 0.15) is 0 Å². The van der Waals surface area contributed by atoms with E-state index >= 15 is 0 Å². The van der Waals surface area contributed by atoms with Crippen molar-refractivity contribution in [3.63, 3.8) is 0 Å². The molecule has 2 heterocycles. The summed E-state index contributed by atoms with van der Waals surface area (Å²) in [5.41, 5.74) is 1.89. The van der Waals surface area contributed by atoms with E-state index in [1.54, 1.807) is 44.4 Å². The van der Waals surface area contributed by atoms with Gasteiger partial charge in [0.25, 0.3) is 0 Å². The molecule has 10 heteroatoms. The Morgan fingerprint density at radius 1 is 0.966 bits per heavy atom. The van der Waals surface area contributed by atoms with Crippen molar-refractivity contribution in [1.29, 1.82) is 0 Å². The van der Waals surface area contributed by atoms with E-state index in [1.165, 1.54) is 13.4 Å². The van der Waals surface area contributed by atoms with Crippen molar-refractivity contribution in [1.82, 2.24) is 13.4 Å². The zero-order valence-corrected chi connectivity index (χ0v) is 18.4. The molecule has 4 rings (SSSR count). The molecule has 1 fully saturated rings. The van der Waals surface area contributed by atoms with Gasteiger partial charge in [0.15, 0.2) is 0 Å². The lowest BCUT2D eigenvalue weighted by atomic mass is 10.2. The number of fused-ring (bicyclic) bond motifs is 1. The van der Waals surface area contributed by atoms with Gasteiger partial charge in [0.1, 0.15) is 5.75 Å². The highest BCUT2D eigenvalue weighted by Gasteiger charge is 2.31. The number of aromatic hydroxyl groups is 1. The first-order valence-corrected chi connectivity index (χ1v) is 11.3. The Hall–Kier alpha value is -2.30. The van der Waals surface area contributed by atoms with Crippen LogP contribution in [-0.4, -0.2) is 53.1 Å². The Labute approximate surface area is 176 Å². The van der Waals surface area contributed by atoms with E-state index in [4.69, 9.17) is 0 Å². The number of piperazine rings is 1. The maximum Gasteiger partial charge on any atom is 0.328 e. The Balaban J connectivity index is 1.63. The average molecular weight is 481 g/mol. The van der Waals surface area contributed by atoms with Crippen LogP contribution in [0.2, 0.25) is 0 Å². The number of hydrogen-bond acceptors (Lipinski definition) is 5. The Morgan fingerprint density at radius 3 is 2.21 bits per heavy atom. The summed E-state index contributed by atoms with van der Waals surface area (Å²) in [5.74, 6) is 0.184. The van der Waals surface area contributed by atoms with Gasteiger partial charge in [-0.15, -0.1) is 0 Å². The van der Waals surface area contributed by atoms with Crippen LogP contribution in [0.4, 0.5) is 5.69 Å². The number of halogens is 1. The van der Waals surface area contributed by atoms with E-state index in [0.717, 1.165) is 5.69 Å². The molecular weight excluding hydrogens is 460 g/mol. The van der Waals surface area contributed by atoms with Gasteiger partial charge < -0.3 is 10.0 Å². The van der Waals surface area contributed by atoms with Crippen molar-refractivity contribution in [2.45, 2.75) is 4.90 Å². The molecule has 154 valence electrons. The van der Waals surface area contributed by atoms with E-state index in [2.05, 4.69) is 15.9 Å². The van der Waals surface area contributed by atoms with Crippen molar-refractivity contribution in [2.75, 3.05) is 31.1 Å².